The normalized spacial score (nSPS) is 15.5. The minimum Gasteiger partial charge on any atom is -0.462 e. The lowest BCUT2D eigenvalue weighted by Crippen LogP contribution is -2.37. The van der Waals surface area contributed by atoms with Gasteiger partial charge in [0.1, 0.15) is 19.8 Å². The molecular formula is C48H81NO10P+. The summed E-state index contributed by atoms with van der Waals surface area (Å²) in [6, 6.07) is 0. The maximum Gasteiger partial charge on any atom is 0.472 e. The SMILES string of the molecule is CCCCC/C=C\C/C=C\C/C=C\C/C=C\CCCC(=O)OC[C@H](COP(=O)(O)OCC[N+](C)(C)C)OC(=O)CCC[C@H](O)/C=C/C=C\C/C=C\C=C\[C@H](O)CCCCC. The third-order valence-corrected chi connectivity index (χ3v) is 9.78. The molecule has 0 aromatic rings. The summed E-state index contributed by atoms with van der Waals surface area (Å²) >= 11 is 0. The van der Waals surface area contributed by atoms with Crippen LogP contribution in [0.15, 0.2) is 97.2 Å². The first-order valence-electron chi connectivity index (χ1n) is 22.2. The Bertz CT molecular complexity index is 1380. The van der Waals surface area contributed by atoms with Gasteiger partial charge in [0.05, 0.1) is 40.0 Å². The molecule has 0 rings (SSSR count). The Morgan fingerprint density at radius 2 is 1.10 bits per heavy atom. The molecule has 0 saturated heterocycles. The fourth-order valence-electron chi connectivity index (χ4n) is 5.22. The van der Waals surface area contributed by atoms with E-state index in [1.807, 2.05) is 57.6 Å². The summed E-state index contributed by atoms with van der Waals surface area (Å²) in [4.78, 5) is 35.4. The highest BCUT2D eigenvalue weighted by Gasteiger charge is 2.27. The third kappa shape index (κ3) is 41.6. The van der Waals surface area contributed by atoms with Gasteiger partial charge in [-0.25, -0.2) is 4.57 Å². The summed E-state index contributed by atoms with van der Waals surface area (Å²) in [6.45, 7) is 3.93. The zero-order valence-electron chi connectivity index (χ0n) is 37.6. The van der Waals surface area contributed by atoms with Crippen molar-refractivity contribution in [2.24, 2.45) is 0 Å². The Morgan fingerprint density at radius 3 is 1.67 bits per heavy atom. The maximum atomic E-state index is 12.7. The molecule has 0 fully saturated rings. The minimum atomic E-state index is -4.46. The molecule has 0 spiro atoms. The van der Waals surface area contributed by atoms with Crippen LogP contribution in [0.4, 0.5) is 0 Å². The number of aliphatic hydroxyl groups excluding tert-OH is 2. The molecule has 0 aliphatic carbocycles. The number of hydrogen-bond acceptors (Lipinski definition) is 9. The highest BCUT2D eigenvalue weighted by Crippen LogP contribution is 2.43. The van der Waals surface area contributed by atoms with Crippen LogP contribution in [0.1, 0.15) is 129 Å². The highest BCUT2D eigenvalue weighted by atomic mass is 31.2. The Hall–Kier alpha value is -3.15. The van der Waals surface area contributed by atoms with Crippen molar-refractivity contribution in [3.8, 4) is 0 Å². The molecule has 0 aromatic heterocycles. The van der Waals surface area contributed by atoms with Crippen LogP contribution in [0.3, 0.4) is 0 Å². The van der Waals surface area contributed by atoms with Gasteiger partial charge in [-0.05, 0) is 70.6 Å². The van der Waals surface area contributed by atoms with Crippen molar-refractivity contribution in [2.75, 3.05) is 47.5 Å². The predicted molar refractivity (Wildman–Crippen MR) is 245 cm³/mol. The lowest BCUT2D eigenvalue weighted by molar-refractivity contribution is -0.870. The Kier molecular flexibility index (Phi) is 36.7. The van der Waals surface area contributed by atoms with E-state index in [4.69, 9.17) is 18.5 Å². The second kappa shape index (κ2) is 38.7. The number of phosphoric ester groups is 1. The van der Waals surface area contributed by atoms with E-state index in [0.717, 1.165) is 51.4 Å². The third-order valence-electron chi connectivity index (χ3n) is 8.79. The Labute approximate surface area is 363 Å². The summed E-state index contributed by atoms with van der Waals surface area (Å²) in [7, 11) is 1.28. The number of allylic oxidation sites excluding steroid dienone is 14. The first-order valence-corrected chi connectivity index (χ1v) is 23.7. The smallest absolute Gasteiger partial charge is 0.462 e. The second-order valence-corrected chi connectivity index (χ2v) is 17.2. The average Bonchev–Trinajstić information content (AvgIpc) is 3.19. The van der Waals surface area contributed by atoms with Gasteiger partial charge >= 0.3 is 19.8 Å². The fourth-order valence-corrected chi connectivity index (χ4v) is 5.96. The molecule has 3 N–H and O–H groups in total. The van der Waals surface area contributed by atoms with Crippen LogP contribution in [0.5, 0.6) is 0 Å². The van der Waals surface area contributed by atoms with Gasteiger partial charge in [0, 0.05) is 12.8 Å². The number of nitrogens with zero attached hydrogens (tertiary/aromatic N) is 1. The number of carbonyl (C=O) groups excluding carboxylic acids is 2. The van der Waals surface area contributed by atoms with Crippen LogP contribution in [0, 0.1) is 0 Å². The van der Waals surface area contributed by atoms with Crippen LogP contribution in [-0.2, 0) is 32.7 Å². The average molecular weight is 863 g/mol. The number of aliphatic hydroxyl groups is 2. The number of ether oxygens (including phenoxy) is 2. The van der Waals surface area contributed by atoms with Gasteiger partial charge in [0.2, 0.25) is 0 Å². The standard InChI is InChI=1S/C48H80NO10P/c1-6-8-10-11-12-13-14-15-16-17-18-19-20-21-25-28-32-38-47(52)56-42-46(43-58-60(54,55)57-41-40-49(3,4)5)59-48(53)39-33-37-45(51)36-31-27-24-22-23-26-30-35-44(50)34-29-9-7-2/h12-13,15-16,18-19,21,23-27,30-31,35-36,44-46,50-51H,6-11,14,17,20,22,28-29,32-34,37-43H2,1-5H3/p+1/b13-12-,16-15-,19-18-,25-21-,26-23-,27-24-,35-30+,36-31+/t44-,45-,46-/m1/s1. The fraction of sp³-hybridized carbons (Fsp3) is 0.625. The van der Waals surface area contributed by atoms with Crippen molar-refractivity contribution in [2.45, 2.75) is 148 Å². The Balaban J connectivity index is 4.72. The number of carbonyl (C=O) groups is 2. The lowest BCUT2D eigenvalue weighted by atomic mass is 10.1. The van der Waals surface area contributed by atoms with Gasteiger partial charge in [0.15, 0.2) is 6.10 Å². The number of esters is 2. The highest BCUT2D eigenvalue weighted by molar-refractivity contribution is 7.47. The molecule has 60 heavy (non-hydrogen) atoms. The van der Waals surface area contributed by atoms with E-state index in [9.17, 15) is 29.3 Å². The number of likely N-dealkylation sites (N-methyl/N-ethyl adjacent to an activating group) is 1. The number of rotatable bonds is 38. The maximum absolute atomic E-state index is 12.7. The summed E-state index contributed by atoms with van der Waals surface area (Å²) in [5.41, 5.74) is 0. The van der Waals surface area contributed by atoms with E-state index < -0.39 is 44.7 Å². The van der Waals surface area contributed by atoms with Crippen molar-refractivity contribution in [3.05, 3.63) is 97.2 Å². The second-order valence-electron chi connectivity index (χ2n) is 15.8. The van der Waals surface area contributed by atoms with Gasteiger partial charge in [-0.15, -0.1) is 0 Å². The topological polar surface area (TPSA) is 149 Å². The van der Waals surface area contributed by atoms with E-state index in [0.29, 0.717) is 43.1 Å². The molecule has 0 bridgehead atoms. The largest absolute Gasteiger partial charge is 0.472 e. The molecule has 0 heterocycles. The van der Waals surface area contributed by atoms with Gasteiger partial charge < -0.3 is 29.1 Å². The van der Waals surface area contributed by atoms with Gasteiger partial charge in [-0.3, -0.25) is 18.6 Å². The zero-order chi connectivity index (χ0) is 44.6. The van der Waals surface area contributed by atoms with Crippen molar-refractivity contribution in [3.63, 3.8) is 0 Å². The molecule has 0 saturated carbocycles. The summed E-state index contributed by atoms with van der Waals surface area (Å²) in [5, 5.41) is 20.2. The molecule has 0 amide bonds. The van der Waals surface area contributed by atoms with E-state index >= 15 is 0 Å². The summed E-state index contributed by atoms with van der Waals surface area (Å²) < 4.78 is 34.0. The van der Waals surface area contributed by atoms with Gasteiger partial charge in [-0.2, -0.15) is 0 Å². The van der Waals surface area contributed by atoms with Gasteiger partial charge in [0.25, 0.3) is 0 Å². The van der Waals surface area contributed by atoms with Crippen molar-refractivity contribution >= 4 is 19.8 Å². The van der Waals surface area contributed by atoms with Crippen molar-refractivity contribution in [1.29, 1.82) is 0 Å². The molecule has 0 aliphatic heterocycles. The molecule has 0 aliphatic rings. The number of hydrogen-bond donors (Lipinski definition) is 3. The number of phosphoric acid groups is 1. The first-order chi connectivity index (χ1) is 28.8. The van der Waals surface area contributed by atoms with E-state index in [1.54, 1.807) is 18.2 Å². The monoisotopic (exact) mass is 863 g/mol. The molecule has 0 radical (unpaired) electrons. The van der Waals surface area contributed by atoms with E-state index in [1.165, 1.54) is 19.3 Å². The van der Waals surface area contributed by atoms with Crippen molar-refractivity contribution < 1.29 is 52.3 Å². The Morgan fingerprint density at radius 1 is 0.600 bits per heavy atom. The van der Waals surface area contributed by atoms with E-state index in [2.05, 4.69) is 56.4 Å². The molecular weight excluding hydrogens is 781 g/mol. The van der Waals surface area contributed by atoms with Crippen LogP contribution in [-0.4, -0.2) is 97.3 Å². The van der Waals surface area contributed by atoms with Gasteiger partial charge in [-0.1, -0.05) is 143 Å². The van der Waals surface area contributed by atoms with E-state index in [-0.39, 0.29) is 26.1 Å². The first kappa shape index (κ1) is 56.9. The van der Waals surface area contributed by atoms with Crippen LogP contribution >= 0.6 is 7.82 Å². The zero-order valence-corrected chi connectivity index (χ0v) is 38.5. The molecule has 4 atom stereocenters. The summed E-state index contributed by atoms with van der Waals surface area (Å²) in [5.74, 6) is -1.10. The van der Waals surface area contributed by atoms with Crippen molar-refractivity contribution in [1.82, 2.24) is 0 Å². The molecule has 1 unspecified atom stereocenters. The number of unbranched alkanes of at least 4 members (excludes halogenated alkanes) is 6. The summed E-state index contributed by atoms with van der Waals surface area (Å²) in [6.07, 6.45) is 43.9. The molecule has 12 heteroatoms. The predicted octanol–water partition coefficient (Wildman–Crippen LogP) is 10.5. The van der Waals surface area contributed by atoms with Crippen LogP contribution in [0.2, 0.25) is 0 Å². The van der Waals surface area contributed by atoms with Crippen LogP contribution in [0.25, 0.3) is 0 Å². The number of quaternary nitrogens is 1. The molecule has 342 valence electrons. The quantitative estimate of drug-likeness (QED) is 0.0137. The van der Waals surface area contributed by atoms with Crippen LogP contribution < -0.4 is 0 Å². The molecule has 11 nitrogen and oxygen atoms in total. The lowest BCUT2D eigenvalue weighted by Gasteiger charge is -2.24. The minimum absolute atomic E-state index is 0.0251. The molecule has 0 aromatic carbocycles.